The van der Waals surface area contributed by atoms with E-state index in [-0.39, 0.29) is 0 Å². The number of nitrogens with one attached hydrogen (secondary N) is 1. The Morgan fingerprint density at radius 2 is 2.24 bits per heavy atom. The highest BCUT2D eigenvalue weighted by Gasteiger charge is 2.09. The summed E-state index contributed by atoms with van der Waals surface area (Å²) in [5.74, 6) is 2.02. The predicted octanol–water partition coefficient (Wildman–Crippen LogP) is 1.40. The molecule has 0 radical (unpaired) electrons. The van der Waals surface area contributed by atoms with Crippen LogP contribution in [0, 0.1) is 6.92 Å². The normalized spacial score (nSPS) is 10.9. The summed E-state index contributed by atoms with van der Waals surface area (Å²) in [6.07, 6.45) is 3.20. The first-order valence-corrected chi connectivity index (χ1v) is 5.07. The maximum Gasteiger partial charge on any atom is 0.175 e. The molecule has 3 aromatic heterocycles. The lowest BCUT2D eigenvalue weighted by atomic mass is 10.4. The zero-order valence-electron chi connectivity index (χ0n) is 9.38. The molecule has 1 N–H and O–H groups in total. The molecule has 0 bridgehead atoms. The van der Waals surface area contributed by atoms with Crippen molar-refractivity contribution in [2.75, 3.05) is 5.32 Å². The molecule has 7 heteroatoms. The molecule has 7 nitrogen and oxygen atoms in total. The first kappa shape index (κ1) is 9.76. The molecule has 86 valence electrons. The monoisotopic (exact) mass is 230 g/mol. The van der Waals surface area contributed by atoms with Crippen molar-refractivity contribution in [3.63, 3.8) is 0 Å². The molecule has 0 unspecified atom stereocenters. The zero-order chi connectivity index (χ0) is 11.8. The minimum absolute atomic E-state index is 0.617. The summed E-state index contributed by atoms with van der Waals surface area (Å²) in [5, 5.41) is 11.9. The number of nitrogens with zero attached hydrogens (tertiary/aromatic N) is 5. The van der Waals surface area contributed by atoms with Crippen LogP contribution in [0.5, 0.6) is 0 Å². The largest absolute Gasteiger partial charge is 0.360 e. The standard InChI is InChI=1S/C10H10N6O/c1-6-3-8(15-17-6)14-9-7-4-13-16(2)10(7)12-5-11-9/h3-5H,1-2H3,(H,11,12,14,15). The molecular formula is C10H10N6O. The average Bonchev–Trinajstić information content (AvgIpc) is 2.88. The van der Waals surface area contributed by atoms with Gasteiger partial charge < -0.3 is 9.84 Å². The second kappa shape index (κ2) is 3.55. The van der Waals surface area contributed by atoms with Crippen LogP contribution in [-0.2, 0) is 7.05 Å². The van der Waals surface area contributed by atoms with Crippen molar-refractivity contribution in [1.29, 1.82) is 0 Å². The van der Waals surface area contributed by atoms with Crippen LogP contribution in [-0.4, -0.2) is 24.9 Å². The molecule has 0 fully saturated rings. The number of hydrogen-bond acceptors (Lipinski definition) is 6. The van der Waals surface area contributed by atoms with E-state index in [2.05, 4.69) is 25.5 Å². The van der Waals surface area contributed by atoms with Crippen molar-refractivity contribution in [2.45, 2.75) is 6.92 Å². The third-order valence-corrected chi connectivity index (χ3v) is 2.40. The third kappa shape index (κ3) is 1.61. The van der Waals surface area contributed by atoms with E-state index in [1.165, 1.54) is 6.33 Å². The molecule has 0 aliphatic rings. The summed E-state index contributed by atoms with van der Waals surface area (Å²) in [5.41, 5.74) is 0.766. The Morgan fingerprint density at radius 1 is 1.35 bits per heavy atom. The van der Waals surface area contributed by atoms with Crippen molar-refractivity contribution in [3.05, 3.63) is 24.4 Å². The molecule has 3 rings (SSSR count). The second-order valence-corrected chi connectivity index (χ2v) is 3.68. The van der Waals surface area contributed by atoms with Gasteiger partial charge in [-0.05, 0) is 6.92 Å². The molecule has 17 heavy (non-hydrogen) atoms. The van der Waals surface area contributed by atoms with Crippen molar-refractivity contribution in [1.82, 2.24) is 24.9 Å². The molecule has 3 aromatic rings. The number of aryl methyl sites for hydroxylation is 2. The van der Waals surface area contributed by atoms with Gasteiger partial charge in [-0.2, -0.15) is 5.10 Å². The summed E-state index contributed by atoms with van der Waals surface area (Å²) in [7, 11) is 1.83. The van der Waals surface area contributed by atoms with Crippen LogP contribution in [0.1, 0.15) is 5.76 Å². The molecule has 0 amide bonds. The highest BCUT2D eigenvalue weighted by molar-refractivity contribution is 5.87. The van der Waals surface area contributed by atoms with Crippen LogP contribution < -0.4 is 5.32 Å². The van der Waals surface area contributed by atoms with E-state index in [1.54, 1.807) is 16.9 Å². The van der Waals surface area contributed by atoms with Gasteiger partial charge in [0.25, 0.3) is 0 Å². The van der Waals surface area contributed by atoms with E-state index in [0.717, 1.165) is 16.8 Å². The van der Waals surface area contributed by atoms with Crippen molar-refractivity contribution < 1.29 is 4.52 Å². The summed E-state index contributed by atoms with van der Waals surface area (Å²) >= 11 is 0. The van der Waals surface area contributed by atoms with Gasteiger partial charge in [-0.15, -0.1) is 0 Å². The summed E-state index contributed by atoms with van der Waals surface area (Å²) in [4.78, 5) is 8.32. The minimum atomic E-state index is 0.617. The van der Waals surface area contributed by atoms with Gasteiger partial charge in [0.2, 0.25) is 0 Å². The molecule has 0 spiro atoms. The summed E-state index contributed by atoms with van der Waals surface area (Å²) in [6, 6.07) is 1.80. The van der Waals surface area contributed by atoms with Gasteiger partial charge in [-0.1, -0.05) is 5.16 Å². The van der Waals surface area contributed by atoms with E-state index < -0.39 is 0 Å². The van der Waals surface area contributed by atoms with Gasteiger partial charge in [-0.25, -0.2) is 9.97 Å². The Hall–Kier alpha value is -2.44. The summed E-state index contributed by atoms with van der Waals surface area (Å²) in [6.45, 7) is 1.83. The Kier molecular flexibility index (Phi) is 2.04. The molecular weight excluding hydrogens is 220 g/mol. The van der Waals surface area contributed by atoms with Crippen LogP contribution >= 0.6 is 0 Å². The quantitative estimate of drug-likeness (QED) is 0.716. The molecule has 0 saturated carbocycles. The van der Waals surface area contributed by atoms with Gasteiger partial charge in [0, 0.05) is 13.1 Å². The van der Waals surface area contributed by atoms with Gasteiger partial charge in [0.05, 0.1) is 11.6 Å². The third-order valence-electron chi connectivity index (χ3n) is 2.40. The van der Waals surface area contributed by atoms with E-state index in [0.29, 0.717) is 11.6 Å². The number of aromatic nitrogens is 5. The number of rotatable bonds is 2. The van der Waals surface area contributed by atoms with Crippen molar-refractivity contribution >= 4 is 22.7 Å². The first-order chi connectivity index (χ1) is 8.24. The van der Waals surface area contributed by atoms with Gasteiger partial charge >= 0.3 is 0 Å². The second-order valence-electron chi connectivity index (χ2n) is 3.68. The van der Waals surface area contributed by atoms with Crippen LogP contribution in [0.4, 0.5) is 11.6 Å². The Bertz CT molecular complexity index is 670. The number of fused-ring (bicyclic) bond motifs is 1. The number of anilines is 2. The lowest BCUT2D eigenvalue weighted by molar-refractivity contribution is 0.400. The molecule has 3 heterocycles. The van der Waals surface area contributed by atoms with Gasteiger partial charge in [0.15, 0.2) is 11.5 Å². The van der Waals surface area contributed by atoms with Gasteiger partial charge in [0.1, 0.15) is 17.9 Å². The van der Waals surface area contributed by atoms with Crippen LogP contribution in [0.25, 0.3) is 11.0 Å². The highest BCUT2D eigenvalue weighted by atomic mass is 16.5. The fourth-order valence-electron chi connectivity index (χ4n) is 1.61. The SMILES string of the molecule is Cc1cc(Nc2ncnc3c2cnn3C)no1. The topological polar surface area (TPSA) is 81.7 Å². The van der Waals surface area contributed by atoms with E-state index in [9.17, 15) is 0 Å². The van der Waals surface area contributed by atoms with Crippen LogP contribution in [0.3, 0.4) is 0 Å². The maximum atomic E-state index is 4.98. The van der Waals surface area contributed by atoms with E-state index in [4.69, 9.17) is 4.52 Å². The molecule has 0 aliphatic heterocycles. The smallest absolute Gasteiger partial charge is 0.175 e. The Labute approximate surface area is 96.5 Å². The van der Waals surface area contributed by atoms with Crippen LogP contribution in [0.2, 0.25) is 0 Å². The summed E-state index contributed by atoms with van der Waals surface area (Å²) < 4.78 is 6.67. The lowest BCUT2D eigenvalue weighted by Gasteiger charge is -2.01. The molecule has 0 aliphatic carbocycles. The fraction of sp³-hybridized carbons (Fsp3) is 0.200. The maximum absolute atomic E-state index is 4.98. The fourth-order valence-corrected chi connectivity index (χ4v) is 1.61. The van der Waals surface area contributed by atoms with E-state index in [1.807, 2.05) is 14.0 Å². The Balaban J connectivity index is 2.05. The Morgan fingerprint density at radius 3 is 3.00 bits per heavy atom. The molecule has 0 atom stereocenters. The minimum Gasteiger partial charge on any atom is -0.360 e. The van der Waals surface area contributed by atoms with Crippen molar-refractivity contribution in [3.8, 4) is 0 Å². The lowest BCUT2D eigenvalue weighted by Crippen LogP contribution is -1.97. The predicted molar refractivity (Wildman–Crippen MR) is 60.8 cm³/mol. The highest BCUT2D eigenvalue weighted by Crippen LogP contribution is 2.21. The molecule has 0 saturated heterocycles. The average molecular weight is 230 g/mol. The molecule has 0 aromatic carbocycles. The van der Waals surface area contributed by atoms with Crippen LogP contribution in [0.15, 0.2) is 23.1 Å². The number of hydrogen-bond donors (Lipinski definition) is 1. The van der Waals surface area contributed by atoms with Gasteiger partial charge in [-0.3, -0.25) is 4.68 Å². The van der Waals surface area contributed by atoms with Crippen molar-refractivity contribution in [2.24, 2.45) is 7.05 Å². The first-order valence-electron chi connectivity index (χ1n) is 5.07. The van der Waals surface area contributed by atoms with E-state index >= 15 is 0 Å². The zero-order valence-corrected chi connectivity index (χ0v) is 9.38.